The molecule has 2 aliphatic heterocycles. The van der Waals surface area contributed by atoms with Crippen molar-refractivity contribution in [3.8, 4) is 22.6 Å². The molecule has 0 spiro atoms. The van der Waals surface area contributed by atoms with Crippen LogP contribution in [0.1, 0.15) is 60.8 Å². The Morgan fingerprint density at radius 2 is 1.34 bits per heavy atom. The van der Waals surface area contributed by atoms with Crippen LogP contribution in [0.15, 0.2) is 156 Å². The highest BCUT2D eigenvalue weighted by atomic mass is 16.5. The smallest absolute Gasteiger partial charge is 0.181 e. The quantitative estimate of drug-likeness (QED) is 0.122. The number of piperidine rings is 1. The molecule has 1 N–H and O–H groups in total. The van der Waals surface area contributed by atoms with E-state index in [1.165, 1.54) is 0 Å². The molecule has 0 aliphatic carbocycles. The number of aromatic nitrogens is 6. The highest BCUT2D eigenvalue weighted by Gasteiger charge is 2.40. The maximum atomic E-state index is 6.28. The molecular weight excluding hydrogens is 733 g/mol. The van der Waals surface area contributed by atoms with Crippen molar-refractivity contribution in [2.75, 3.05) is 31.6 Å². The molecule has 0 amide bonds. The molecule has 5 aromatic carbocycles. The predicted molar refractivity (Wildman–Crippen MR) is 231 cm³/mol. The Hall–Kier alpha value is -6.36. The highest BCUT2D eigenvalue weighted by molar-refractivity contribution is 5.93. The Morgan fingerprint density at radius 1 is 0.678 bits per heavy atom. The van der Waals surface area contributed by atoms with Crippen LogP contribution in [-0.2, 0) is 16.8 Å². The van der Waals surface area contributed by atoms with Gasteiger partial charge in [-0.05, 0) is 86.0 Å². The molecule has 2 fully saturated rings. The molecular formula is C49H48N8O2. The van der Waals surface area contributed by atoms with Gasteiger partial charge in [-0.1, -0.05) is 126 Å². The summed E-state index contributed by atoms with van der Waals surface area (Å²) in [5.41, 5.74) is 6.50. The highest BCUT2D eigenvalue weighted by Crippen LogP contribution is 2.41. The third kappa shape index (κ3) is 7.34. The summed E-state index contributed by atoms with van der Waals surface area (Å²) in [7, 11) is 0. The number of anilines is 1. The Bertz CT molecular complexity index is 2490. The Labute approximate surface area is 344 Å². The van der Waals surface area contributed by atoms with Crippen LogP contribution >= 0.6 is 0 Å². The van der Waals surface area contributed by atoms with Crippen LogP contribution in [0.3, 0.4) is 0 Å². The van der Waals surface area contributed by atoms with Crippen molar-refractivity contribution in [1.82, 2.24) is 34.6 Å². The standard InChI is InChI=1S/C49H48N8O2/c1-5-15-37(16-6-1)44-32-42(59-54-44)34-55-28-26-36(27-29-55)33-50-48-43-31-38(24-25-45(43)57(53-48)46-23-13-14-30-58-46)47-51-35-56(52-47)49(39-17-7-2-8-18-39,40-19-9-3-10-20-40)41-21-11-4-12-22-41/h1-12,15-22,24-25,31-32,35-36,46H,13-14,23,26-30,33-34H2,(H,50,53). The second kappa shape index (κ2) is 16.5. The van der Waals surface area contributed by atoms with Gasteiger partial charge in [-0.3, -0.25) is 4.90 Å². The number of benzene rings is 5. The fourth-order valence-corrected chi connectivity index (χ4v) is 8.98. The van der Waals surface area contributed by atoms with Gasteiger partial charge in [0.25, 0.3) is 0 Å². The average Bonchev–Trinajstić information content (AvgIpc) is 4.08. The van der Waals surface area contributed by atoms with Gasteiger partial charge in [0, 0.05) is 35.7 Å². The van der Waals surface area contributed by atoms with E-state index in [0.717, 1.165) is 121 Å². The SMILES string of the molecule is c1ccc(-c2cc(CN3CCC(CNc4nn(C5CCCCO5)c5ccc(-c6ncn(C(c7ccccc7)(c7ccccc7)c7ccccc7)n6)cc45)CC3)on2)cc1. The molecule has 2 saturated heterocycles. The van der Waals surface area contributed by atoms with E-state index >= 15 is 0 Å². The molecule has 10 nitrogen and oxygen atoms in total. The van der Waals surface area contributed by atoms with Gasteiger partial charge < -0.3 is 14.6 Å². The van der Waals surface area contributed by atoms with Gasteiger partial charge in [-0.25, -0.2) is 14.3 Å². The van der Waals surface area contributed by atoms with E-state index in [9.17, 15) is 0 Å². The summed E-state index contributed by atoms with van der Waals surface area (Å²) in [6, 6.07) is 50.5. The van der Waals surface area contributed by atoms with E-state index in [-0.39, 0.29) is 6.23 Å². The lowest BCUT2D eigenvalue weighted by Crippen LogP contribution is -2.38. The maximum Gasteiger partial charge on any atom is 0.181 e. The van der Waals surface area contributed by atoms with Gasteiger partial charge in [-0.15, -0.1) is 5.10 Å². The number of likely N-dealkylation sites (tertiary alicyclic amines) is 1. The van der Waals surface area contributed by atoms with Crippen LogP contribution < -0.4 is 5.32 Å². The molecule has 0 radical (unpaired) electrons. The summed E-state index contributed by atoms with van der Waals surface area (Å²) in [4.78, 5) is 7.47. The van der Waals surface area contributed by atoms with Gasteiger partial charge in [0.1, 0.15) is 17.6 Å². The van der Waals surface area contributed by atoms with Crippen molar-refractivity contribution < 1.29 is 9.26 Å². The average molecular weight is 781 g/mol. The van der Waals surface area contributed by atoms with E-state index in [2.05, 4.69) is 147 Å². The number of hydrogen-bond acceptors (Lipinski definition) is 8. The molecule has 10 rings (SSSR count). The molecule has 5 heterocycles. The lowest BCUT2D eigenvalue weighted by Gasteiger charge is -2.35. The number of rotatable bonds is 12. The van der Waals surface area contributed by atoms with Crippen molar-refractivity contribution in [3.63, 3.8) is 0 Å². The molecule has 0 saturated carbocycles. The van der Waals surface area contributed by atoms with Crippen LogP contribution in [0.25, 0.3) is 33.5 Å². The number of hydrogen-bond donors (Lipinski definition) is 1. The topological polar surface area (TPSA) is 99.1 Å². The summed E-state index contributed by atoms with van der Waals surface area (Å²) in [6.45, 7) is 4.38. The van der Waals surface area contributed by atoms with Crippen LogP contribution in [0.2, 0.25) is 0 Å². The first-order valence-corrected chi connectivity index (χ1v) is 20.9. The van der Waals surface area contributed by atoms with Crippen molar-refractivity contribution in [2.24, 2.45) is 5.92 Å². The first kappa shape index (κ1) is 36.9. The van der Waals surface area contributed by atoms with Crippen molar-refractivity contribution in [1.29, 1.82) is 0 Å². The second-order valence-corrected chi connectivity index (χ2v) is 15.8. The van der Waals surface area contributed by atoms with Crippen LogP contribution in [0.5, 0.6) is 0 Å². The van der Waals surface area contributed by atoms with E-state index < -0.39 is 5.54 Å². The minimum absolute atomic E-state index is 0.0880. The molecule has 3 aromatic heterocycles. The Balaban J connectivity index is 0.923. The van der Waals surface area contributed by atoms with Crippen LogP contribution in [0, 0.1) is 5.92 Å². The van der Waals surface area contributed by atoms with Gasteiger partial charge in [0.05, 0.1) is 12.1 Å². The van der Waals surface area contributed by atoms with Gasteiger partial charge in [0.2, 0.25) is 0 Å². The van der Waals surface area contributed by atoms with E-state index in [1.807, 2.05) is 29.2 Å². The number of nitrogens with zero attached hydrogens (tertiary/aromatic N) is 7. The molecule has 1 unspecified atom stereocenters. The minimum atomic E-state index is -0.745. The predicted octanol–water partition coefficient (Wildman–Crippen LogP) is 9.81. The van der Waals surface area contributed by atoms with Gasteiger partial charge in [-0.2, -0.15) is 5.10 Å². The zero-order valence-electron chi connectivity index (χ0n) is 33.1. The zero-order chi connectivity index (χ0) is 39.4. The van der Waals surface area contributed by atoms with Crippen LogP contribution in [0.4, 0.5) is 5.82 Å². The van der Waals surface area contributed by atoms with Crippen molar-refractivity contribution in [2.45, 2.75) is 50.4 Å². The van der Waals surface area contributed by atoms with Crippen molar-refractivity contribution in [3.05, 3.63) is 174 Å². The monoisotopic (exact) mass is 780 g/mol. The third-order valence-corrected chi connectivity index (χ3v) is 12.1. The summed E-state index contributed by atoms with van der Waals surface area (Å²) >= 11 is 0. The minimum Gasteiger partial charge on any atom is -0.368 e. The molecule has 59 heavy (non-hydrogen) atoms. The second-order valence-electron chi connectivity index (χ2n) is 15.8. The maximum absolute atomic E-state index is 6.28. The normalized spacial score (nSPS) is 16.7. The summed E-state index contributed by atoms with van der Waals surface area (Å²) in [5, 5.41) is 19.7. The molecule has 10 heteroatoms. The number of nitrogens with one attached hydrogen (secondary N) is 1. The summed E-state index contributed by atoms with van der Waals surface area (Å²) in [5.74, 6) is 2.96. The lowest BCUT2D eigenvalue weighted by atomic mass is 9.77. The fourth-order valence-electron chi connectivity index (χ4n) is 8.98. The van der Waals surface area contributed by atoms with Gasteiger partial charge in [0.15, 0.2) is 23.6 Å². The molecule has 2 aliphatic rings. The van der Waals surface area contributed by atoms with E-state index in [4.69, 9.17) is 24.4 Å². The summed E-state index contributed by atoms with van der Waals surface area (Å²) < 4.78 is 16.1. The fraction of sp³-hybridized carbons (Fsp3) is 0.265. The largest absolute Gasteiger partial charge is 0.368 e. The molecule has 8 aromatic rings. The Morgan fingerprint density at radius 3 is 1.98 bits per heavy atom. The lowest BCUT2D eigenvalue weighted by molar-refractivity contribution is -0.0365. The molecule has 1 atom stereocenters. The third-order valence-electron chi connectivity index (χ3n) is 12.1. The molecule has 0 bridgehead atoms. The van der Waals surface area contributed by atoms with Crippen molar-refractivity contribution >= 4 is 16.7 Å². The molecule has 296 valence electrons. The van der Waals surface area contributed by atoms with E-state index in [1.54, 1.807) is 0 Å². The first-order valence-electron chi connectivity index (χ1n) is 20.9. The Kier molecular flexibility index (Phi) is 10.3. The number of fused-ring (bicyclic) bond motifs is 1. The van der Waals surface area contributed by atoms with Crippen LogP contribution in [-0.4, -0.2) is 60.8 Å². The van der Waals surface area contributed by atoms with Gasteiger partial charge >= 0.3 is 0 Å². The zero-order valence-corrected chi connectivity index (χ0v) is 33.1. The summed E-state index contributed by atoms with van der Waals surface area (Å²) in [6.07, 6.45) is 7.13. The van der Waals surface area contributed by atoms with E-state index in [0.29, 0.717) is 11.7 Å². The first-order chi connectivity index (χ1) is 29.2. The number of ether oxygens (including phenoxy) is 1.